The molecule has 2 atom stereocenters. The van der Waals surface area contributed by atoms with Crippen LogP contribution in [0.2, 0.25) is 0 Å². The lowest BCUT2D eigenvalue weighted by molar-refractivity contribution is 0.657. The third kappa shape index (κ3) is 2.87. The highest BCUT2D eigenvalue weighted by Gasteiger charge is 2.14. The molecule has 0 amide bonds. The summed E-state index contributed by atoms with van der Waals surface area (Å²) in [6.45, 7) is 6.66. The average molecular weight is 277 g/mol. The first kappa shape index (κ1) is 13.9. The van der Waals surface area contributed by atoms with Gasteiger partial charge in [-0.05, 0) is 41.3 Å². The number of aryl methyl sites for hydroxylation is 1. The van der Waals surface area contributed by atoms with Crippen molar-refractivity contribution in [2.24, 2.45) is 0 Å². The summed E-state index contributed by atoms with van der Waals surface area (Å²) in [4.78, 5) is 0. The third-order valence-corrected chi connectivity index (χ3v) is 4.37. The van der Waals surface area contributed by atoms with Gasteiger partial charge in [-0.15, -0.1) is 0 Å². The summed E-state index contributed by atoms with van der Waals surface area (Å²) in [5.41, 5.74) is 4.08. The number of nitrogens with one attached hydrogen (secondary N) is 1. The first-order valence-corrected chi connectivity index (χ1v) is 7.85. The zero-order chi connectivity index (χ0) is 14.8. The van der Waals surface area contributed by atoms with Crippen LogP contribution >= 0.6 is 0 Å². The number of hydrogen-bond acceptors (Lipinski definition) is 1. The molecule has 0 radical (unpaired) electrons. The summed E-state index contributed by atoms with van der Waals surface area (Å²) in [6, 6.07) is 14.0. The van der Waals surface area contributed by atoms with Crippen LogP contribution in [-0.4, -0.2) is 6.04 Å². The fourth-order valence-electron chi connectivity index (χ4n) is 2.94. The Kier molecular flexibility index (Phi) is 3.83. The Morgan fingerprint density at radius 3 is 2.67 bits per heavy atom. The van der Waals surface area contributed by atoms with Gasteiger partial charge in [0.25, 0.3) is 0 Å². The molecule has 0 bridgehead atoms. The van der Waals surface area contributed by atoms with E-state index in [9.17, 15) is 0 Å². The Morgan fingerprint density at radius 1 is 1.10 bits per heavy atom. The van der Waals surface area contributed by atoms with E-state index in [2.05, 4.69) is 80.7 Å². The molecule has 2 aromatic carbocycles. The van der Waals surface area contributed by atoms with Gasteiger partial charge in [0.05, 0.1) is 0 Å². The molecule has 0 saturated heterocycles. The van der Waals surface area contributed by atoms with Crippen LogP contribution in [0.4, 0.5) is 0 Å². The quantitative estimate of drug-likeness (QED) is 0.838. The number of fused-ring (bicyclic) bond motifs is 1. The van der Waals surface area contributed by atoms with Gasteiger partial charge in [0.1, 0.15) is 0 Å². The molecule has 108 valence electrons. The van der Waals surface area contributed by atoms with Gasteiger partial charge in [-0.3, -0.25) is 0 Å². The fourth-order valence-corrected chi connectivity index (χ4v) is 2.94. The van der Waals surface area contributed by atoms with E-state index in [0.717, 1.165) is 6.42 Å². The van der Waals surface area contributed by atoms with Crippen LogP contribution in [0.1, 0.15) is 37.8 Å². The summed E-state index contributed by atoms with van der Waals surface area (Å²) in [7, 11) is 0. The zero-order valence-electron chi connectivity index (χ0n) is 13.1. The van der Waals surface area contributed by atoms with Crippen LogP contribution in [0, 0.1) is 0 Å². The maximum absolute atomic E-state index is 3.56. The fraction of sp³-hybridized carbons (Fsp3) is 0.300. The Hall–Kier alpha value is -2.02. The van der Waals surface area contributed by atoms with Crippen molar-refractivity contribution >= 4 is 10.8 Å². The van der Waals surface area contributed by atoms with E-state index in [-0.39, 0.29) is 0 Å². The molecule has 0 aliphatic carbocycles. The first-order valence-electron chi connectivity index (χ1n) is 7.85. The van der Waals surface area contributed by atoms with Crippen LogP contribution in [0.15, 0.2) is 60.3 Å². The molecule has 0 saturated carbocycles. The SMILES string of the molecule is CCc1ccc2ccc(C(C)C3=CC=CC(C)N3)cc2c1. The highest BCUT2D eigenvalue weighted by molar-refractivity contribution is 5.84. The molecule has 1 nitrogen and oxygen atoms in total. The monoisotopic (exact) mass is 277 g/mol. The molecule has 1 N–H and O–H groups in total. The summed E-state index contributed by atoms with van der Waals surface area (Å²) < 4.78 is 0. The molecule has 2 aromatic rings. The smallest absolute Gasteiger partial charge is 0.0416 e. The lowest BCUT2D eigenvalue weighted by atomic mass is 9.93. The van der Waals surface area contributed by atoms with Gasteiger partial charge < -0.3 is 5.32 Å². The second-order valence-corrected chi connectivity index (χ2v) is 5.96. The molecule has 1 heterocycles. The second kappa shape index (κ2) is 5.77. The van der Waals surface area contributed by atoms with Gasteiger partial charge in [-0.2, -0.15) is 0 Å². The van der Waals surface area contributed by atoms with Crippen LogP contribution in [-0.2, 0) is 6.42 Å². The van der Waals surface area contributed by atoms with Crippen molar-refractivity contribution < 1.29 is 0 Å². The standard InChI is InChI=1S/C20H23N/c1-4-16-8-9-17-10-11-18(13-19(17)12-16)15(3)20-7-5-6-14(2)21-20/h5-15,21H,4H2,1-3H3. The number of hydrogen-bond donors (Lipinski definition) is 1. The van der Waals surface area contributed by atoms with Crippen molar-refractivity contribution in [3.05, 3.63) is 71.5 Å². The number of rotatable bonds is 3. The molecule has 21 heavy (non-hydrogen) atoms. The molecule has 1 aliphatic rings. The van der Waals surface area contributed by atoms with Crippen molar-refractivity contribution in [2.45, 2.75) is 39.2 Å². The Labute approximate surface area is 127 Å². The first-order chi connectivity index (χ1) is 10.2. The predicted octanol–water partition coefficient (Wildman–Crippen LogP) is 4.94. The Morgan fingerprint density at radius 2 is 1.90 bits per heavy atom. The minimum atomic E-state index is 0.395. The molecule has 1 heteroatoms. The van der Waals surface area contributed by atoms with Gasteiger partial charge in [0.2, 0.25) is 0 Å². The normalized spacial score (nSPS) is 19.2. The lowest BCUT2D eigenvalue weighted by Crippen LogP contribution is -2.28. The van der Waals surface area contributed by atoms with E-state index in [1.807, 2.05) is 0 Å². The van der Waals surface area contributed by atoms with E-state index in [0.29, 0.717) is 12.0 Å². The summed E-state index contributed by atoms with van der Waals surface area (Å²) >= 11 is 0. The van der Waals surface area contributed by atoms with Gasteiger partial charge in [0.15, 0.2) is 0 Å². The molecule has 1 aliphatic heterocycles. The molecule has 0 aromatic heterocycles. The van der Waals surface area contributed by atoms with Crippen LogP contribution in [0.3, 0.4) is 0 Å². The van der Waals surface area contributed by atoms with Crippen molar-refractivity contribution in [1.82, 2.24) is 5.32 Å². The maximum atomic E-state index is 3.56. The third-order valence-electron chi connectivity index (χ3n) is 4.37. The highest BCUT2D eigenvalue weighted by atomic mass is 14.9. The van der Waals surface area contributed by atoms with E-state index in [4.69, 9.17) is 0 Å². The van der Waals surface area contributed by atoms with E-state index in [1.165, 1.54) is 27.6 Å². The molecule has 0 fully saturated rings. The second-order valence-electron chi connectivity index (χ2n) is 5.96. The van der Waals surface area contributed by atoms with Gasteiger partial charge in [-0.25, -0.2) is 0 Å². The van der Waals surface area contributed by atoms with Crippen molar-refractivity contribution in [1.29, 1.82) is 0 Å². The van der Waals surface area contributed by atoms with Crippen molar-refractivity contribution in [3.63, 3.8) is 0 Å². The largest absolute Gasteiger partial charge is 0.382 e. The van der Waals surface area contributed by atoms with Gasteiger partial charge >= 0.3 is 0 Å². The van der Waals surface area contributed by atoms with Crippen molar-refractivity contribution in [3.8, 4) is 0 Å². The topological polar surface area (TPSA) is 12.0 Å². The molecule has 3 rings (SSSR count). The van der Waals surface area contributed by atoms with E-state index in [1.54, 1.807) is 0 Å². The lowest BCUT2D eigenvalue weighted by Gasteiger charge is -2.24. The summed E-state index contributed by atoms with van der Waals surface area (Å²) in [6.07, 6.45) is 7.62. The molecular formula is C20H23N. The Balaban J connectivity index is 1.96. The van der Waals surface area contributed by atoms with Gasteiger partial charge in [-0.1, -0.05) is 62.4 Å². The minimum Gasteiger partial charge on any atom is -0.382 e. The molecule has 0 spiro atoms. The van der Waals surface area contributed by atoms with Crippen LogP contribution in [0.5, 0.6) is 0 Å². The van der Waals surface area contributed by atoms with Crippen LogP contribution < -0.4 is 5.32 Å². The molecular weight excluding hydrogens is 254 g/mol. The number of benzene rings is 2. The Bertz CT molecular complexity index is 709. The average Bonchev–Trinajstić information content (AvgIpc) is 2.53. The number of allylic oxidation sites excluding steroid dienone is 3. The van der Waals surface area contributed by atoms with Gasteiger partial charge in [0, 0.05) is 17.7 Å². The summed E-state index contributed by atoms with van der Waals surface area (Å²) in [5.74, 6) is 0.395. The zero-order valence-corrected chi connectivity index (χ0v) is 13.1. The number of dihydropyridines is 1. The molecule has 2 unspecified atom stereocenters. The highest BCUT2D eigenvalue weighted by Crippen LogP contribution is 2.27. The predicted molar refractivity (Wildman–Crippen MR) is 91.6 cm³/mol. The van der Waals surface area contributed by atoms with E-state index < -0.39 is 0 Å². The summed E-state index contributed by atoms with van der Waals surface area (Å²) in [5, 5.41) is 6.23. The van der Waals surface area contributed by atoms with Crippen LogP contribution in [0.25, 0.3) is 10.8 Å². The maximum Gasteiger partial charge on any atom is 0.0416 e. The minimum absolute atomic E-state index is 0.395. The van der Waals surface area contributed by atoms with E-state index >= 15 is 0 Å². The van der Waals surface area contributed by atoms with Crippen molar-refractivity contribution in [2.75, 3.05) is 0 Å².